The van der Waals surface area contributed by atoms with Gasteiger partial charge in [0, 0.05) is 5.39 Å². The number of aryl methyl sites for hydroxylation is 2. The Kier molecular flexibility index (Phi) is 6.39. The maximum atomic E-state index is 13.7. The molecule has 1 aliphatic heterocycles. The minimum atomic E-state index is -0.972. The van der Waals surface area contributed by atoms with Crippen LogP contribution in [0.1, 0.15) is 56.9 Å². The SMILES string of the molecule is CCOC(=O)c1sc(N2C(=O)C(O)=C(C(=O)c3cc4ccccc4o3)C2c2ccc(CC)cc2)nc1C. The van der Waals surface area contributed by atoms with Gasteiger partial charge in [0.1, 0.15) is 10.5 Å². The molecule has 4 aromatic rings. The number of aliphatic hydroxyl groups is 1. The van der Waals surface area contributed by atoms with Gasteiger partial charge in [0.15, 0.2) is 16.7 Å². The van der Waals surface area contributed by atoms with Crippen LogP contribution in [0, 0.1) is 6.92 Å². The number of benzene rings is 2. The Hall–Kier alpha value is -4.24. The number of para-hydroxylation sites is 1. The molecule has 1 amide bonds. The first-order chi connectivity index (χ1) is 17.8. The van der Waals surface area contributed by atoms with E-state index in [1.54, 1.807) is 32.0 Å². The number of carbonyl (C=O) groups excluding carboxylic acids is 3. The molecule has 0 saturated heterocycles. The molecule has 1 N–H and O–H groups in total. The first kappa shape index (κ1) is 24.5. The van der Waals surface area contributed by atoms with Crippen LogP contribution in [0.2, 0.25) is 0 Å². The maximum absolute atomic E-state index is 13.7. The number of fused-ring (bicyclic) bond motifs is 1. The van der Waals surface area contributed by atoms with Crippen LogP contribution in [-0.2, 0) is 16.0 Å². The van der Waals surface area contributed by atoms with Crippen LogP contribution in [0.4, 0.5) is 5.13 Å². The fourth-order valence-electron chi connectivity index (χ4n) is 4.38. The molecule has 8 nitrogen and oxygen atoms in total. The number of furan rings is 1. The van der Waals surface area contributed by atoms with Crippen molar-refractivity contribution in [1.29, 1.82) is 0 Å². The molecule has 3 heterocycles. The van der Waals surface area contributed by atoms with Crippen LogP contribution in [0.25, 0.3) is 11.0 Å². The van der Waals surface area contributed by atoms with Gasteiger partial charge >= 0.3 is 5.97 Å². The van der Waals surface area contributed by atoms with Crippen LogP contribution in [0.5, 0.6) is 0 Å². The van der Waals surface area contributed by atoms with E-state index in [0.29, 0.717) is 16.8 Å². The van der Waals surface area contributed by atoms with Crippen molar-refractivity contribution in [1.82, 2.24) is 4.98 Å². The second-order valence-corrected chi connectivity index (χ2v) is 9.52. The Morgan fingerprint density at radius 2 is 1.86 bits per heavy atom. The molecular weight excluding hydrogens is 492 g/mol. The quantitative estimate of drug-likeness (QED) is 0.247. The normalized spacial score (nSPS) is 15.6. The van der Waals surface area contributed by atoms with E-state index < -0.39 is 29.5 Å². The van der Waals surface area contributed by atoms with Gasteiger partial charge in [-0.1, -0.05) is 60.7 Å². The maximum Gasteiger partial charge on any atom is 0.350 e. The number of hydrogen-bond donors (Lipinski definition) is 1. The van der Waals surface area contributed by atoms with Gasteiger partial charge < -0.3 is 14.3 Å². The summed E-state index contributed by atoms with van der Waals surface area (Å²) in [5.41, 5.74) is 2.49. The Labute approximate surface area is 216 Å². The van der Waals surface area contributed by atoms with E-state index in [4.69, 9.17) is 9.15 Å². The Balaban J connectivity index is 1.63. The predicted molar refractivity (Wildman–Crippen MR) is 139 cm³/mol. The topological polar surface area (TPSA) is 110 Å². The molecule has 5 rings (SSSR count). The van der Waals surface area contributed by atoms with Crippen molar-refractivity contribution in [3.8, 4) is 0 Å². The van der Waals surface area contributed by atoms with Crippen LogP contribution in [-0.4, -0.2) is 34.4 Å². The van der Waals surface area contributed by atoms with Gasteiger partial charge in [0.25, 0.3) is 5.91 Å². The van der Waals surface area contributed by atoms with E-state index in [0.717, 1.165) is 28.7 Å². The first-order valence-corrected chi connectivity index (χ1v) is 12.7. The molecule has 0 spiro atoms. The van der Waals surface area contributed by atoms with Crippen molar-refractivity contribution in [2.45, 2.75) is 33.2 Å². The number of hydrogen-bond acceptors (Lipinski definition) is 8. The number of ether oxygens (including phenoxy) is 1. The van der Waals surface area contributed by atoms with Crippen LogP contribution in [0.15, 0.2) is 70.3 Å². The molecule has 0 bridgehead atoms. The van der Waals surface area contributed by atoms with Crippen molar-refractivity contribution in [3.63, 3.8) is 0 Å². The molecule has 37 heavy (non-hydrogen) atoms. The van der Waals surface area contributed by atoms with E-state index in [9.17, 15) is 19.5 Å². The molecule has 9 heteroatoms. The summed E-state index contributed by atoms with van der Waals surface area (Å²) in [5.74, 6) is -2.60. The number of ketones is 1. The third-order valence-corrected chi connectivity index (χ3v) is 7.39. The zero-order valence-electron chi connectivity index (χ0n) is 20.5. The standard InChI is InChI=1S/C28H24N2O6S/c1-4-16-10-12-17(13-11-16)22-21(23(31)20-14-18-8-6-7-9-19(18)36-20)24(32)26(33)30(22)28-29-15(3)25(37-28)27(34)35-5-2/h6-14,22,32H,4-5H2,1-3H3. The van der Waals surface area contributed by atoms with Crippen LogP contribution >= 0.6 is 11.3 Å². The number of aromatic nitrogens is 1. The van der Waals surface area contributed by atoms with E-state index in [2.05, 4.69) is 4.98 Å². The first-order valence-electron chi connectivity index (χ1n) is 11.9. The number of carbonyl (C=O) groups is 3. The lowest BCUT2D eigenvalue weighted by molar-refractivity contribution is -0.117. The lowest BCUT2D eigenvalue weighted by atomic mass is 9.94. The van der Waals surface area contributed by atoms with Crippen molar-refractivity contribution < 1.29 is 28.6 Å². The zero-order valence-corrected chi connectivity index (χ0v) is 21.3. The van der Waals surface area contributed by atoms with Crippen molar-refractivity contribution in [2.75, 3.05) is 11.5 Å². The summed E-state index contributed by atoms with van der Waals surface area (Å²) < 4.78 is 10.9. The van der Waals surface area contributed by atoms with Crippen LogP contribution in [0.3, 0.4) is 0 Å². The fourth-order valence-corrected chi connectivity index (χ4v) is 5.37. The van der Waals surface area contributed by atoms with Crippen molar-refractivity contribution >= 4 is 45.1 Å². The molecule has 1 atom stereocenters. The van der Waals surface area contributed by atoms with Gasteiger partial charge in [0.05, 0.1) is 23.9 Å². The highest BCUT2D eigenvalue weighted by Gasteiger charge is 2.47. The molecule has 0 saturated carbocycles. The summed E-state index contributed by atoms with van der Waals surface area (Å²) in [6.07, 6.45) is 0.814. The summed E-state index contributed by atoms with van der Waals surface area (Å²) in [4.78, 5) is 45.5. The molecule has 2 aromatic heterocycles. The van der Waals surface area contributed by atoms with E-state index >= 15 is 0 Å². The highest BCUT2D eigenvalue weighted by atomic mass is 32.1. The highest BCUT2D eigenvalue weighted by Crippen LogP contribution is 2.44. The summed E-state index contributed by atoms with van der Waals surface area (Å²) >= 11 is 0.977. The van der Waals surface area contributed by atoms with E-state index in [1.807, 2.05) is 43.3 Å². The average molecular weight is 517 g/mol. The predicted octanol–water partition coefficient (Wildman–Crippen LogP) is 5.72. The molecule has 0 aliphatic carbocycles. The van der Waals surface area contributed by atoms with E-state index in [1.165, 1.54) is 4.90 Å². The Morgan fingerprint density at radius 3 is 2.54 bits per heavy atom. The summed E-state index contributed by atoms with van der Waals surface area (Å²) in [5, 5.41) is 11.9. The Morgan fingerprint density at radius 1 is 1.14 bits per heavy atom. The third-order valence-electron chi connectivity index (χ3n) is 6.26. The average Bonchev–Trinajstić information content (AvgIpc) is 3.58. The number of amides is 1. The molecular formula is C28H24N2O6S. The number of thiazole rings is 1. The number of Topliss-reactive ketones (excluding diaryl/α,β-unsaturated/α-hetero) is 1. The largest absolute Gasteiger partial charge is 0.503 e. The summed E-state index contributed by atoms with van der Waals surface area (Å²) in [6, 6.07) is 15.3. The zero-order chi connectivity index (χ0) is 26.3. The van der Waals surface area contributed by atoms with Gasteiger partial charge in [-0.25, -0.2) is 9.78 Å². The lowest BCUT2D eigenvalue weighted by Crippen LogP contribution is -2.31. The molecule has 1 aliphatic rings. The second-order valence-electron chi connectivity index (χ2n) is 8.54. The minimum Gasteiger partial charge on any atom is -0.503 e. The van der Waals surface area contributed by atoms with Crippen LogP contribution < -0.4 is 4.90 Å². The van der Waals surface area contributed by atoms with Crippen molar-refractivity contribution in [3.05, 3.63) is 93.4 Å². The van der Waals surface area contributed by atoms with Gasteiger partial charge in [-0.05, 0) is 43.5 Å². The van der Waals surface area contributed by atoms with Gasteiger partial charge in [-0.2, -0.15) is 0 Å². The van der Waals surface area contributed by atoms with Crippen molar-refractivity contribution in [2.24, 2.45) is 0 Å². The number of rotatable bonds is 7. The number of esters is 1. The summed E-state index contributed by atoms with van der Waals surface area (Å²) in [7, 11) is 0. The minimum absolute atomic E-state index is 0.00936. The molecule has 188 valence electrons. The second kappa shape index (κ2) is 9.67. The monoisotopic (exact) mass is 516 g/mol. The lowest BCUT2D eigenvalue weighted by Gasteiger charge is -2.24. The summed E-state index contributed by atoms with van der Waals surface area (Å²) in [6.45, 7) is 5.57. The smallest absolute Gasteiger partial charge is 0.350 e. The van der Waals surface area contributed by atoms with Gasteiger partial charge in [-0.15, -0.1) is 0 Å². The van der Waals surface area contributed by atoms with Gasteiger partial charge in [-0.3, -0.25) is 14.5 Å². The Bertz CT molecular complexity index is 1530. The molecule has 1 unspecified atom stereocenters. The number of nitrogens with zero attached hydrogens (tertiary/aromatic N) is 2. The third kappa shape index (κ3) is 4.21. The number of aliphatic hydroxyl groups excluding tert-OH is 1. The van der Waals surface area contributed by atoms with Gasteiger partial charge in [0.2, 0.25) is 5.78 Å². The molecule has 0 radical (unpaired) electrons. The highest BCUT2D eigenvalue weighted by molar-refractivity contribution is 7.17. The number of anilines is 1. The van der Waals surface area contributed by atoms with E-state index in [-0.39, 0.29) is 27.9 Å². The molecule has 0 fully saturated rings. The molecule has 2 aromatic carbocycles. The fraction of sp³-hybridized carbons (Fsp3) is 0.214.